The molecule has 1 aromatic carbocycles. The largest absolute Gasteiger partial charge is 0.491 e. The summed E-state index contributed by atoms with van der Waals surface area (Å²) in [7, 11) is 0. The molecule has 2 nitrogen and oxygen atoms in total. The number of benzene rings is 1. The summed E-state index contributed by atoms with van der Waals surface area (Å²) in [6.07, 6.45) is 0. The van der Waals surface area contributed by atoms with Crippen molar-refractivity contribution in [1.29, 1.82) is 0 Å². The van der Waals surface area contributed by atoms with Crippen LogP contribution in [0.15, 0.2) is 10.5 Å². The van der Waals surface area contributed by atoms with Crippen LogP contribution in [0.2, 0.25) is 5.02 Å². The lowest BCUT2D eigenvalue weighted by Gasteiger charge is -2.10. The minimum atomic E-state index is -0.403. The summed E-state index contributed by atoms with van der Waals surface area (Å²) < 4.78 is 19.7. The van der Waals surface area contributed by atoms with Crippen LogP contribution >= 0.6 is 27.5 Å². The third kappa shape index (κ3) is 1.74. The monoisotopic (exact) mass is 279 g/mol. The van der Waals surface area contributed by atoms with Crippen LogP contribution in [0.4, 0.5) is 4.39 Å². The number of fused-ring (bicyclic) bond motifs is 1. The lowest BCUT2D eigenvalue weighted by atomic mass is 10.2. The van der Waals surface area contributed by atoms with Gasteiger partial charge < -0.3 is 10.1 Å². The van der Waals surface area contributed by atoms with Crippen LogP contribution in [0.3, 0.4) is 0 Å². The Hall–Kier alpha value is -0.320. The lowest BCUT2D eigenvalue weighted by Crippen LogP contribution is -2.16. The molecule has 0 spiro atoms. The second-order valence-electron chi connectivity index (χ2n) is 2.99. The van der Waals surface area contributed by atoms with Crippen molar-refractivity contribution in [3.05, 3.63) is 26.9 Å². The van der Waals surface area contributed by atoms with Gasteiger partial charge in [0.25, 0.3) is 0 Å². The van der Waals surface area contributed by atoms with Gasteiger partial charge in [-0.15, -0.1) is 0 Å². The number of ether oxygens (including phenoxy) is 1. The Morgan fingerprint density at radius 3 is 3.14 bits per heavy atom. The van der Waals surface area contributed by atoms with Crippen molar-refractivity contribution >= 4 is 27.5 Å². The highest BCUT2D eigenvalue weighted by Crippen LogP contribution is 2.36. The standard InChI is InChI=1S/C9H8BrClFNO/c10-6-3-7(11)8(12)5-4-13-1-2-14-9(5)6/h3,13H,1-2,4H2. The molecule has 0 radical (unpaired) electrons. The van der Waals surface area contributed by atoms with Gasteiger partial charge in [-0.3, -0.25) is 0 Å². The summed E-state index contributed by atoms with van der Waals surface area (Å²) in [5.41, 5.74) is 0.488. The molecule has 1 aliphatic heterocycles. The van der Waals surface area contributed by atoms with E-state index >= 15 is 0 Å². The summed E-state index contributed by atoms with van der Waals surface area (Å²) in [6.45, 7) is 1.69. The first-order chi connectivity index (χ1) is 6.70. The molecule has 14 heavy (non-hydrogen) atoms. The van der Waals surface area contributed by atoms with Gasteiger partial charge in [-0.25, -0.2) is 4.39 Å². The first-order valence-electron chi connectivity index (χ1n) is 4.20. The van der Waals surface area contributed by atoms with Crippen LogP contribution in [-0.2, 0) is 6.54 Å². The fourth-order valence-corrected chi connectivity index (χ4v) is 2.32. The van der Waals surface area contributed by atoms with E-state index in [9.17, 15) is 4.39 Å². The van der Waals surface area contributed by atoms with Gasteiger partial charge in [-0.2, -0.15) is 0 Å². The van der Waals surface area contributed by atoms with Crippen LogP contribution in [0.25, 0.3) is 0 Å². The highest BCUT2D eigenvalue weighted by Gasteiger charge is 2.19. The molecule has 1 N–H and O–H groups in total. The smallest absolute Gasteiger partial charge is 0.150 e. The minimum Gasteiger partial charge on any atom is -0.491 e. The molecular formula is C9H8BrClFNO. The summed E-state index contributed by atoms with van der Waals surface area (Å²) >= 11 is 9.01. The molecule has 0 fully saturated rings. The van der Waals surface area contributed by atoms with Gasteiger partial charge in [0, 0.05) is 18.7 Å². The Labute approximate surface area is 94.5 Å². The van der Waals surface area contributed by atoms with Crippen molar-refractivity contribution in [1.82, 2.24) is 5.32 Å². The number of hydrogen-bond acceptors (Lipinski definition) is 2. The molecule has 76 valence electrons. The van der Waals surface area contributed by atoms with Crippen LogP contribution < -0.4 is 10.1 Å². The number of hydrogen-bond donors (Lipinski definition) is 1. The molecule has 0 amide bonds. The number of nitrogens with one attached hydrogen (secondary N) is 1. The molecule has 0 unspecified atom stereocenters. The molecule has 0 aliphatic carbocycles. The van der Waals surface area contributed by atoms with Crippen molar-refractivity contribution in [2.75, 3.05) is 13.2 Å². The van der Waals surface area contributed by atoms with Gasteiger partial charge in [-0.05, 0) is 22.0 Å². The van der Waals surface area contributed by atoms with E-state index in [1.807, 2.05) is 0 Å². The van der Waals surface area contributed by atoms with Gasteiger partial charge in [0.2, 0.25) is 0 Å². The molecule has 1 aromatic rings. The first-order valence-corrected chi connectivity index (χ1v) is 5.37. The maximum Gasteiger partial charge on any atom is 0.150 e. The van der Waals surface area contributed by atoms with Gasteiger partial charge in [0.15, 0.2) is 0 Å². The molecule has 1 aliphatic rings. The Bertz CT molecular complexity index is 372. The topological polar surface area (TPSA) is 21.3 Å². The quantitative estimate of drug-likeness (QED) is 0.738. The molecule has 0 saturated heterocycles. The molecule has 2 rings (SSSR count). The zero-order chi connectivity index (χ0) is 10.1. The molecule has 0 saturated carbocycles. The van der Waals surface area contributed by atoms with Gasteiger partial charge >= 0.3 is 0 Å². The van der Waals surface area contributed by atoms with Gasteiger partial charge in [-0.1, -0.05) is 11.6 Å². The highest BCUT2D eigenvalue weighted by molar-refractivity contribution is 9.10. The Morgan fingerprint density at radius 1 is 1.57 bits per heavy atom. The van der Waals surface area contributed by atoms with E-state index in [1.54, 1.807) is 0 Å². The number of rotatable bonds is 0. The number of halogens is 3. The predicted molar refractivity (Wildman–Crippen MR) is 56.3 cm³/mol. The van der Waals surface area contributed by atoms with E-state index in [0.29, 0.717) is 35.5 Å². The maximum absolute atomic E-state index is 13.6. The summed E-state index contributed by atoms with van der Waals surface area (Å²) in [6, 6.07) is 1.51. The summed E-state index contributed by atoms with van der Waals surface area (Å²) in [5.74, 6) is 0.149. The Kier molecular flexibility index (Phi) is 2.95. The normalized spacial score (nSPS) is 15.6. The van der Waals surface area contributed by atoms with E-state index in [4.69, 9.17) is 16.3 Å². The zero-order valence-electron chi connectivity index (χ0n) is 7.24. The summed E-state index contributed by atoms with van der Waals surface area (Å²) in [4.78, 5) is 0. The predicted octanol–water partition coefficient (Wildman–Crippen LogP) is 2.72. The second-order valence-corrected chi connectivity index (χ2v) is 4.25. The van der Waals surface area contributed by atoms with Gasteiger partial charge in [0.1, 0.15) is 18.2 Å². The molecule has 0 bridgehead atoms. The van der Waals surface area contributed by atoms with Crippen molar-refractivity contribution in [3.8, 4) is 5.75 Å². The van der Waals surface area contributed by atoms with Crippen molar-refractivity contribution < 1.29 is 9.13 Å². The minimum absolute atomic E-state index is 0.114. The fourth-order valence-electron chi connectivity index (χ4n) is 1.38. The van der Waals surface area contributed by atoms with E-state index in [0.717, 1.165) is 0 Å². The lowest BCUT2D eigenvalue weighted by molar-refractivity contribution is 0.323. The molecule has 1 heterocycles. The fraction of sp³-hybridized carbons (Fsp3) is 0.333. The highest BCUT2D eigenvalue weighted by atomic mass is 79.9. The van der Waals surface area contributed by atoms with Crippen LogP contribution in [-0.4, -0.2) is 13.2 Å². The average Bonchev–Trinajstić information content (AvgIpc) is 2.39. The second kappa shape index (κ2) is 4.04. The summed E-state index contributed by atoms with van der Waals surface area (Å²) in [5, 5.41) is 3.17. The molecular weight excluding hydrogens is 272 g/mol. The molecule has 5 heteroatoms. The SMILES string of the molecule is Fc1c(Cl)cc(Br)c2c1CNCCO2. The van der Waals surface area contributed by atoms with E-state index in [-0.39, 0.29) is 5.02 Å². The van der Waals surface area contributed by atoms with Crippen LogP contribution in [0.1, 0.15) is 5.56 Å². The van der Waals surface area contributed by atoms with Crippen molar-refractivity contribution in [2.24, 2.45) is 0 Å². The van der Waals surface area contributed by atoms with Crippen molar-refractivity contribution in [3.63, 3.8) is 0 Å². The molecule has 0 aromatic heterocycles. The Balaban J connectivity index is 2.57. The zero-order valence-corrected chi connectivity index (χ0v) is 9.58. The van der Waals surface area contributed by atoms with E-state index in [2.05, 4.69) is 21.2 Å². The average molecular weight is 281 g/mol. The van der Waals surface area contributed by atoms with Crippen molar-refractivity contribution in [2.45, 2.75) is 6.54 Å². The maximum atomic E-state index is 13.6. The van der Waals surface area contributed by atoms with Crippen LogP contribution in [0, 0.1) is 5.82 Å². The van der Waals surface area contributed by atoms with E-state index < -0.39 is 5.82 Å². The third-order valence-corrected chi connectivity index (χ3v) is 2.91. The van der Waals surface area contributed by atoms with Gasteiger partial charge in [0.05, 0.1) is 9.50 Å². The van der Waals surface area contributed by atoms with Crippen LogP contribution in [0.5, 0.6) is 5.75 Å². The third-order valence-electron chi connectivity index (χ3n) is 2.05. The molecule has 0 atom stereocenters. The first kappa shape index (κ1) is 10.2. The van der Waals surface area contributed by atoms with E-state index in [1.165, 1.54) is 6.07 Å². The Morgan fingerprint density at radius 2 is 2.36 bits per heavy atom.